The number of hydrogen-bond donors (Lipinski definition) is 1. The number of halogens is 3. The van der Waals surface area contributed by atoms with Gasteiger partial charge in [0.05, 0.1) is 14.9 Å². The van der Waals surface area contributed by atoms with Crippen LogP contribution in [0.3, 0.4) is 0 Å². The van der Waals surface area contributed by atoms with Crippen molar-refractivity contribution in [2.45, 2.75) is 50.4 Å². The summed E-state index contributed by atoms with van der Waals surface area (Å²) in [7, 11) is 0. The summed E-state index contributed by atoms with van der Waals surface area (Å²) in [4.78, 5) is 11.4. The lowest BCUT2D eigenvalue weighted by Gasteiger charge is -2.09. The fourth-order valence-corrected chi connectivity index (χ4v) is 3.12. The van der Waals surface area contributed by atoms with Crippen LogP contribution in [0.2, 0.25) is 10.0 Å². The molecule has 1 saturated carbocycles. The summed E-state index contributed by atoms with van der Waals surface area (Å²) in [5.74, 6) is 0.138. The molecule has 1 aliphatic carbocycles. The zero-order valence-electron chi connectivity index (χ0n) is 14.1. The van der Waals surface area contributed by atoms with Crippen LogP contribution >= 0.6 is 34.8 Å². The number of rotatable bonds is 6. The number of nitrogens with one attached hydrogen (secondary N) is 1. The lowest BCUT2D eigenvalue weighted by atomic mass is 10.1. The van der Waals surface area contributed by atoms with Crippen molar-refractivity contribution in [3.8, 4) is 0 Å². The monoisotopic (exact) mass is 385 g/mol. The Labute approximate surface area is 158 Å². The largest absolute Gasteiger partial charge is 0.350 e. The van der Waals surface area contributed by atoms with Crippen molar-refractivity contribution in [2.24, 2.45) is 0 Å². The molecule has 1 aromatic rings. The smallest absolute Gasteiger partial charge is 0.244 e. The highest BCUT2D eigenvalue weighted by Gasteiger charge is 2.51. The van der Waals surface area contributed by atoms with Crippen LogP contribution in [0.4, 0.5) is 0 Å². The van der Waals surface area contributed by atoms with Crippen molar-refractivity contribution in [2.75, 3.05) is 0 Å². The van der Waals surface area contributed by atoms with E-state index in [-0.39, 0.29) is 17.9 Å². The molecule has 24 heavy (non-hydrogen) atoms. The summed E-state index contributed by atoms with van der Waals surface area (Å²) in [6.45, 7) is 5.91. The SMILES string of the molecule is CCC(C)NC(=O)/C=C(C)/C=C/[C@]1(Cl)C[C@H]1c1ccc(Cl)c(Cl)c1. The first-order chi connectivity index (χ1) is 11.2. The number of carbonyl (C=O) groups excluding carboxylic acids is 1. The van der Waals surface area contributed by atoms with Crippen LogP contribution < -0.4 is 5.32 Å². The van der Waals surface area contributed by atoms with Crippen molar-refractivity contribution in [1.82, 2.24) is 5.32 Å². The third-order valence-electron chi connectivity index (χ3n) is 4.27. The van der Waals surface area contributed by atoms with Crippen LogP contribution in [-0.4, -0.2) is 16.8 Å². The minimum absolute atomic E-state index is 0.0769. The molecular weight excluding hydrogens is 365 g/mol. The molecule has 2 nitrogen and oxygen atoms in total. The van der Waals surface area contributed by atoms with Gasteiger partial charge in [-0.2, -0.15) is 0 Å². The van der Waals surface area contributed by atoms with E-state index in [1.165, 1.54) is 0 Å². The number of carbonyl (C=O) groups is 1. The third-order valence-corrected chi connectivity index (χ3v) is 5.55. The lowest BCUT2D eigenvalue weighted by molar-refractivity contribution is -0.117. The van der Waals surface area contributed by atoms with Gasteiger partial charge in [-0.05, 0) is 50.0 Å². The minimum Gasteiger partial charge on any atom is -0.350 e. The van der Waals surface area contributed by atoms with Gasteiger partial charge in [-0.25, -0.2) is 0 Å². The molecule has 1 N–H and O–H groups in total. The zero-order chi connectivity index (χ0) is 17.9. The number of hydrogen-bond acceptors (Lipinski definition) is 1. The first-order valence-electron chi connectivity index (χ1n) is 8.07. The summed E-state index contributed by atoms with van der Waals surface area (Å²) >= 11 is 18.7. The molecule has 1 amide bonds. The topological polar surface area (TPSA) is 29.1 Å². The van der Waals surface area contributed by atoms with Crippen molar-refractivity contribution in [3.05, 3.63) is 57.6 Å². The maximum absolute atomic E-state index is 11.8. The highest BCUT2D eigenvalue weighted by atomic mass is 35.5. The van der Waals surface area contributed by atoms with Crippen LogP contribution in [0, 0.1) is 0 Å². The lowest BCUT2D eigenvalue weighted by Crippen LogP contribution is -2.30. The molecule has 2 rings (SSSR count). The Morgan fingerprint density at radius 3 is 2.75 bits per heavy atom. The van der Waals surface area contributed by atoms with E-state index in [9.17, 15) is 4.79 Å². The summed E-state index contributed by atoms with van der Waals surface area (Å²) in [6.07, 6.45) is 7.21. The molecule has 0 saturated heterocycles. The van der Waals surface area contributed by atoms with Gasteiger partial charge in [0.2, 0.25) is 5.91 Å². The van der Waals surface area contributed by atoms with E-state index in [0.29, 0.717) is 10.0 Å². The molecule has 0 heterocycles. The normalized spacial score (nSPS) is 24.9. The predicted molar refractivity (Wildman–Crippen MR) is 103 cm³/mol. The average molecular weight is 387 g/mol. The number of alkyl halides is 1. The second kappa shape index (κ2) is 7.95. The van der Waals surface area contributed by atoms with Crippen LogP contribution in [0.25, 0.3) is 0 Å². The molecule has 130 valence electrons. The standard InChI is InChI=1S/C19H22Cl3NO/c1-4-13(3)23-18(24)9-12(2)7-8-19(22)11-15(19)14-5-6-16(20)17(21)10-14/h5-10,13,15H,4,11H2,1-3H3,(H,23,24)/b8-7+,12-9+/t13?,15-,19-/m0/s1. The van der Waals surface area contributed by atoms with E-state index < -0.39 is 4.87 Å². The van der Waals surface area contributed by atoms with Gasteiger partial charge in [0.15, 0.2) is 0 Å². The van der Waals surface area contributed by atoms with Crippen molar-refractivity contribution in [3.63, 3.8) is 0 Å². The Hall–Kier alpha value is -0.960. The number of benzene rings is 1. The molecule has 3 atom stereocenters. The Balaban J connectivity index is 1.99. The molecule has 0 aliphatic heterocycles. The van der Waals surface area contributed by atoms with Gasteiger partial charge in [0.1, 0.15) is 0 Å². The molecule has 0 radical (unpaired) electrons. The van der Waals surface area contributed by atoms with E-state index in [4.69, 9.17) is 34.8 Å². The highest BCUT2D eigenvalue weighted by Crippen LogP contribution is 2.58. The minimum atomic E-state index is -0.417. The molecule has 1 fully saturated rings. The van der Waals surface area contributed by atoms with Gasteiger partial charge in [-0.1, -0.05) is 48.3 Å². The average Bonchev–Trinajstić information content (AvgIpc) is 3.20. The molecule has 0 spiro atoms. The Kier molecular flexibility index (Phi) is 6.41. The van der Waals surface area contributed by atoms with Crippen molar-refractivity contribution >= 4 is 40.7 Å². The predicted octanol–water partition coefficient (Wildman–Crippen LogP) is 5.88. The Morgan fingerprint density at radius 2 is 2.12 bits per heavy atom. The summed E-state index contributed by atoms with van der Waals surface area (Å²) in [6, 6.07) is 5.80. The van der Waals surface area contributed by atoms with Crippen molar-refractivity contribution in [1.29, 1.82) is 0 Å². The molecule has 0 aromatic heterocycles. The number of amides is 1. The molecule has 0 bridgehead atoms. The summed E-state index contributed by atoms with van der Waals surface area (Å²) in [5, 5.41) is 4.00. The van der Waals surface area contributed by atoms with E-state index in [1.807, 2.05) is 45.1 Å². The van der Waals surface area contributed by atoms with Crippen LogP contribution in [0.15, 0.2) is 42.0 Å². The van der Waals surface area contributed by atoms with Crippen LogP contribution in [0.5, 0.6) is 0 Å². The second-order valence-corrected chi connectivity index (χ2v) is 7.91. The van der Waals surface area contributed by atoms with Gasteiger partial charge >= 0.3 is 0 Å². The number of allylic oxidation sites excluding steroid dienone is 3. The molecule has 5 heteroatoms. The molecule has 1 aromatic carbocycles. The molecule has 1 unspecified atom stereocenters. The highest BCUT2D eigenvalue weighted by molar-refractivity contribution is 6.42. The van der Waals surface area contributed by atoms with E-state index in [2.05, 4.69) is 5.32 Å². The first-order valence-corrected chi connectivity index (χ1v) is 9.20. The fraction of sp³-hybridized carbons (Fsp3) is 0.421. The third kappa shape index (κ3) is 5.02. The van der Waals surface area contributed by atoms with Crippen LogP contribution in [-0.2, 0) is 4.79 Å². The fourth-order valence-electron chi connectivity index (χ4n) is 2.47. The van der Waals surface area contributed by atoms with E-state index in [0.717, 1.165) is 24.0 Å². The van der Waals surface area contributed by atoms with Gasteiger partial charge in [0, 0.05) is 18.0 Å². The summed E-state index contributed by atoms with van der Waals surface area (Å²) < 4.78 is 0. The van der Waals surface area contributed by atoms with E-state index in [1.54, 1.807) is 12.1 Å². The maximum atomic E-state index is 11.8. The molecule has 1 aliphatic rings. The molecular formula is C19H22Cl3NO. The quantitative estimate of drug-likeness (QED) is 0.369. The van der Waals surface area contributed by atoms with Gasteiger partial charge in [-0.15, -0.1) is 11.6 Å². The van der Waals surface area contributed by atoms with Gasteiger partial charge < -0.3 is 5.32 Å². The Morgan fingerprint density at radius 1 is 1.42 bits per heavy atom. The van der Waals surface area contributed by atoms with Crippen LogP contribution in [0.1, 0.15) is 45.1 Å². The zero-order valence-corrected chi connectivity index (χ0v) is 16.3. The Bertz CT molecular complexity index is 683. The maximum Gasteiger partial charge on any atom is 0.244 e. The van der Waals surface area contributed by atoms with Crippen molar-refractivity contribution < 1.29 is 4.79 Å². The van der Waals surface area contributed by atoms with Gasteiger partial charge in [0.25, 0.3) is 0 Å². The first kappa shape index (κ1) is 19.4. The second-order valence-electron chi connectivity index (χ2n) is 6.40. The van der Waals surface area contributed by atoms with Gasteiger partial charge in [-0.3, -0.25) is 4.79 Å². The van der Waals surface area contributed by atoms with E-state index >= 15 is 0 Å². The summed E-state index contributed by atoms with van der Waals surface area (Å²) in [5.41, 5.74) is 1.95.